The van der Waals surface area contributed by atoms with Gasteiger partial charge in [0, 0.05) is 12.1 Å². The van der Waals surface area contributed by atoms with Crippen molar-refractivity contribution in [2.24, 2.45) is 5.41 Å². The first-order valence-corrected chi connectivity index (χ1v) is 7.39. The van der Waals surface area contributed by atoms with Crippen LogP contribution in [0.5, 0.6) is 5.75 Å². The van der Waals surface area contributed by atoms with E-state index >= 15 is 0 Å². The van der Waals surface area contributed by atoms with Crippen LogP contribution < -0.4 is 4.74 Å². The molecule has 1 aromatic rings. The van der Waals surface area contributed by atoms with Crippen LogP contribution >= 0.6 is 0 Å². The number of benzene rings is 1. The van der Waals surface area contributed by atoms with Gasteiger partial charge in [0.2, 0.25) is 0 Å². The number of nitrogens with zero attached hydrogens (tertiary/aromatic N) is 2. The van der Waals surface area contributed by atoms with Crippen LogP contribution in [0.3, 0.4) is 0 Å². The smallest absolute Gasteiger partial charge is 0.123 e. The Morgan fingerprint density at radius 1 is 1.35 bits per heavy atom. The van der Waals surface area contributed by atoms with Crippen molar-refractivity contribution < 1.29 is 4.74 Å². The molecule has 1 aromatic carbocycles. The summed E-state index contributed by atoms with van der Waals surface area (Å²) in [6, 6.07) is 7.86. The molecular weight excluding hydrogens is 248 g/mol. The molecule has 1 fully saturated rings. The fourth-order valence-corrected chi connectivity index (χ4v) is 2.82. The van der Waals surface area contributed by atoms with Gasteiger partial charge in [0.15, 0.2) is 0 Å². The van der Waals surface area contributed by atoms with Gasteiger partial charge in [-0.25, -0.2) is 0 Å². The number of hydrogen-bond acceptors (Lipinski definition) is 3. The van der Waals surface area contributed by atoms with Crippen molar-refractivity contribution in [3.8, 4) is 11.8 Å². The molecule has 0 saturated carbocycles. The van der Waals surface area contributed by atoms with E-state index < -0.39 is 0 Å². The third-order valence-electron chi connectivity index (χ3n) is 4.72. The van der Waals surface area contributed by atoms with Crippen LogP contribution in [-0.2, 0) is 6.54 Å². The van der Waals surface area contributed by atoms with Gasteiger partial charge in [-0.05, 0) is 49.5 Å². The minimum Gasteiger partial charge on any atom is -0.496 e. The van der Waals surface area contributed by atoms with Crippen LogP contribution in [0.2, 0.25) is 0 Å². The van der Waals surface area contributed by atoms with Crippen LogP contribution in [0, 0.1) is 16.7 Å². The number of nitriles is 1. The van der Waals surface area contributed by atoms with Crippen molar-refractivity contribution in [3.05, 3.63) is 29.3 Å². The van der Waals surface area contributed by atoms with Crippen LogP contribution in [-0.4, -0.2) is 25.1 Å². The first-order valence-electron chi connectivity index (χ1n) is 7.39. The molecule has 0 unspecified atom stereocenters. The SMILES string of the molecule is CCC1(C)CCN(Cc2cc(C#N)ccc2OC)CC1. The van der Waals surface area contributed by atoms with Crippen molar-refractivity contribution in [3.63, 3.8) is 0 Å². The van der Waals surface area contributed by atoms with Gasteiger partial charge >= 0.3 is 0 Å². The van der Waals surface area contributed by atoms with Gasteiger partial charge in [-0.1, -0.05) is 20.3 Å². The second-order valence-electron chi connectivity index (χ2n) is 6.08. The summed E-state index contributed by atoms with van der Waals surface area (Å²) in [5.41, 5.74) is 2.33. The minimum absolute atomic E-state index is 0.509. The molecule has 0 spiro atoms. The van der Waals surface area contributed by atoms with E-state index in [1.807, 2.05) is 18.2 Å². The molecule has 1 aliphatic heterocycles. The number of piperidine rings is 1. The van der Waals surface area contributed by atoms with Crippen LogP contribution in [0.1, 0.15) is 44.2 Å². The molecule has 108 valence electrons. The minimum atomic E-state index is 0.509. The molecule has 1 saturated heterocycles. The number of likely N-dealkylation sites (tertiary alicyclic amines) is 1. The fourth-order valence-electron chi connectivity index (χ4n) is 2.82. The van der Waals surface area contributed by atoms with Crippen LogP contribution in [0.15, 0.2) is 18.2 Å². The lowest BCUT2D eigenvalue weighted by Crippen LogP contribution is -2.38. The van der Waals surface area contributed by atoms with Gasteiger partial charge in [-0.2, -0.15) is 5.26 Å². The highest BCUT2D eigenvalue weighted by Gasteiger charge is 2.28. The summed E-state index contributed by atoms with van der Waals surface area (Å²) in [6.45, 7) is 7.81. The summed E-state index contributed by atoms with van der Waals surface area (Å²) < 4.78 is 5.41. The van der Waals surface area contributed by atoms with Gasteiger partial charge in [0.25, 0.3) is 0 Å². The molecule has 1 heterocycles. The molecule has 0 aromatic heterocycles. The zero-order valence-corrected chi connectivity index (χ0v) is 12.8. The van der Waals surface area contributed by atoms with Gasteiger partial charge in [-0.3, -0.25) is 4.90 Å². The molecule has 0 aliphatic carbocycles. The number of rotatable bonds is 4. The van der Waals surface area contributed by atoms with Crippen LogP contribution in [0.4, 0.5) is 0 Å². The van der Waals surface area contributed by atoms with Gasteiger partial charge in [0.05, 0.1) is 18.7 Å². The highest BCUT2D eigenvalue weighted by Crippen LogP contribution is 2.34. The second-order valence-corrected chi connectivity index (χ2v) is 6.08. The summed E-state index contributed by atoms with van der Waals surface area (Å²) in [5, 5.41) is 9.03. The quantitative estimate of drug-likeness (QED) is 0.840. The monoisotopic (exact) mass is 272 g/mol. The van der Waals surface area contributed by atoms with Crippen molar-refractivity contribution in [1.29, 1.82) is 5.26 Å². The molecule has 0 N–H and O–H groups in total. The molecule has 20 heavy (non-hydrogen) atoms. The van der Waals surface area contributed by atoms with E-state index in [1.165, 1.54) is 19.3 Å². The lowest BCUT2D eigenvalue weighted by molar-refractivity contribution is 0.109. The predicted molar refractivity (Wildman–Crippen MR) is 80.6 cm³/mol. The topological polar surface area (TPSA) is 36.3 Å². The second kappa shape index (κ2) is 6.28. The lowest BCUT2D eigenvalue weighted by Gasteiger charge is -2.39. The summed E-state index contributed by atoms with van der Waals surface area (Å²) in [5.74, 6) is 0.882. The van der Waals surface area contributed by atoms with Gasteiger partial charge < -0.3 is 4.74 Å². The Bertz CT molecular complexity index is 496. The summed E-state index contributed by atoms with van der Waals surface area (Å²) in [7, 11) is 1.69. The molecule has 0 bridgehead atoms. The largest absolute Gasteiger partial charge is 0.496 e. The Morgan fingerprint density at radius 2 is 2.05 bits per heavy atom. The van der Waals surface area contributed by atoms with Crippen LogP contribution in [0.25, 0.3) is 0 Å². The molecule has 0 atom stereocenters. The maximum atomic E-state index is 9.03. The summed E-state index contributed by atoms with van der Waals surface area (Å²) in [6.07, 6.45) is 3.77. The van der Waals surface area contributed by atoms with E-state index in [-0.39, 0.29) is 0 Å². The highest BCUT2D eigenvalue weighted by atomic mass is 16.5. The molecule has 0 amide bonds. The Kier molecular flexibility index (Phi) is 4.67. The molecule has 1 aliphatic rings. The molecule has 0 radical (unpaired) electrons. The third kappa shape index (κ3) is 3.32. The van der Waals surface area contributed by atoms with Crippen molar-refractivity contribution in [1.82, 2.24) is 4.90 Å². The van der Waals surface area contributed by atoms with E-state index in [0.29, 0.717) is 11.0 Å². The Hall–Kier alpha value is -1.53. The molecule has 3 nitrogen and oxygen atoms in total. The van der Waals surface area contributed by atoms with E-state index in [0.717, 1.165) is 30.9 Å². The fraction of sp³-hybridized carbons (Fsp3) is 0.588. The van der Waals surface area contributed by atoms with Crippen molar-refractivity contribution in [2.45, 2.75) is 39.7 Å². The predicted octanol–water partition coefficient (Wildman–Crippen LogP) is 3.58. The molecule has 3 heteroatoms. The first-order chi connectivity index (χ1) is 9.60. The Labute approximate surface area is 122 Å². The first kappa shape index (κ1) is 14.9. The zero-order valence-electron chi connectivity index (χ0n) is 12.8. The van der Waals surface area contributed by atoms with E-state index in [1.54, 1.807) is 7.11 Å². The van der Waals surface area contributed by atoms with Gasteiger partial charge in [-0.15, -0.1) is 0 Å². The van der Waals surface area contributed by atoms with Crippen molar-refractivity contribution >= 4 is 0 Å². The average Bonchev–Trinajstić information content (AvgIpc) is 2.49. The summed E-state index contributed by atoms with van der Waals surface area (Å²) >= 11 is 0. The lowest BCUT2D eigenvalue weighted by atomic mass is 9.78. The number of ether oxygens (including phenoxy) is 1. The molecule has 2 rings (SSSR count). The van der Waals surface area contributed by atoms with Crippen molar-refractivity contribution in [2.75, 3.05) is 20.2 Å². The zero-order chi connectivity index (χ0) is 14.6. The van der Waals surface area contributed by atoms with E-state index in [4.69, 9.17) is 10.00 Å². The number of methoxy groups -OCH3 is 1. The highest BCUT2D eigenvalue weighted by molar-refractivity contribution is 5.42. The third-order valence-corrected chi connectivity index (χ3v) is 4.72. The maximum absolute atomic E-state index is 9.03. The Morgan fingerprint density at radius 3 is 2.60 bits per heavy atom. The maximum Gasteiger partial charge on any atom is 0.123 e. The average molecular weight is 272 g/mol. The van der Waals surface area contributed by atoms with E-state index in [2.05, 4.69) is 24.8 Å². The number of hydrogen-bond donors (Lipinski definition) is 0. The Balaban J connectivity index is 2.06. The standard InChI is InChI=1S/C17H24N2O/c1-4-17(2)7-9-19(10-8-17)13-15-11-14(12-18)5-6-16(15)20-3/h5-6,11H,4,7-10,13H2,1-3H3. The van der Waals surface area contributed by atoms with E-state index in [9.17, 15) is 0 Å². The van der Waals surface area contributed by atoms with Gasteiger partial charge in [0.1, 0.15) is 5.75 Å². The summed E-state index contributed by atoms with van der Waals surface area (Å²) in [4.78, 5) is 2.47. The normalized spacial score (nSPS) is 18.5. The molecular formula is C17H24N2O.